The van der Waals surface area contributed by atoms with E-state index in [1.54, 1.807) is 13.8 Å². The van der Waals surface area contributed by atoms with Gasteiger partial charge in [0.15, 0.2) is 4.90 Å². The Bertz CT molecular complexity index is 1470. The molecule has 1 aromatic carbocycles. The zero-order valence-corrected chi connectivity index (χ0v) is 25.6. The third kappa shape index (κ3) is 6.46. The van der Waals surface area contributed by atoms with E-state index >= 15 is 0 Å². The van der Waals surface area contributed by atoms with Gasteiger partial charge in [0.1, 0.15) is 23.0 Å². The molecule has 2 heterocycles. The van der Waals surface area contributed by atoms with Crippen molar-refractivity contribution in [2.24, 2.45) is 0 Å². The second-order valence-electron chi connectivity index (χ2n) is 10.9. The number of nitrogens with one attached hydrogen (secondary N) is 1. The Balaban J connectivity index is 2.24. The fourth-order valence-electron chi connectivity index (χ4n) is 4.38. The van der Waals surface area contributed by atoms with Crippen molar-refractivity contribution in [2.75, 3.05) is 22.4 Å². The van der Waals surface area contributed by atoms with Gasteiger partial charge in [-0.15, -0.1) is 5.10 Å². The van der Waals surface area contributed by atoms with Gasteiger partial charge in [-0.05, 0) is 66.7 Å². The number of carbonyl (C=O) groups excluding carboxylic acids is 1. The third-order valence-corrected chi connectivity index (χ3v) is 8.81. The van der Waals surface area contributed by atoms with Gasteiger partial charge < -0.3 is 25.0 Å². The van der Waals surface area contributed by atoms with Gasteiger partial charge in [-0.3, -0.25) is 18.7 Å². The Morgan fingerprint density at radius 3 is 2.33 bits per heavy atom. The molecule has 0 aliphatic carbocycles. The molecule has 2 amide bonds. The summed E-state index contributed by atoms with van der Waals surface area (Å²) < 4.78 is 84.1. The molecule has 2 atom stereocenters. The molecular formula is C26H36F3N5O8S. The first-order valence-corrected chi connectivity index (χ1v) is 14.8. The summed E-state index contributed by atoms with van der Waals surface area (Å²) in [6.07, 6.45) is -6.70. The van der Waals surface area contributed by atoms with Gasteiger partial charge >= 0.3 is 12.3 Å². The van der Waals surface area contributed by atoms with Crippen LogP contribution in [0.2, 0.25) is 0 Å². The number of halogens is 3. The lowest BCUT2D eigenvalue weighted by Gasteiger charge is -2.42. The van der Waals surface area contributed by atoms with E-state index in [4.69, 9.17) is 9.47 Å². The molecule has 1 aliphatic heterocycles. The summed E-state index contributed by atoms with van der Waals surface area (Å²) in [4.78, 5) is 24.2. The second kappa shape index (κ2) is 11.7. The number of carbonyl (C=O) groups is 2. The summed E-state index contributed by atoms with van der Waals surface area (Å²) in [5, 5.41) is 26.5. The molecular weight excluding hydrogens is 599 g/mol. The van der Waals surface area contributed by atoms with Gasteiger partial charge in [-0.2, -0.15) is 13.2 Å². The molecule has 240 valence electrons. The zero-order chi connectivity index (χ0) is 32.7. The molecule has 13 nitrogen and oxygen atoms in total. The van der Waals surface area contributed by atoms with E-state index < -0.39 is 57.2 Å². The van der Waals surface area contributed by atoms with Gasteiger partial charge in [0.25, 0.3) is 21.8 Å². The Kier molecular flexibility index (Phi) is 9.23. The van der Waals surface area contributed by atoms with E-state index in [1.165, 1.54) is 31.6 Å². The minimum atomic E-state index is -4.98. The summed E-state index contributed by atoms with van der Waals surface area (Å²) in [5.41, 5.74) is -5.35. The smallest absolute Gasteiger partial charge is 0.412 e. The molecule has 0 bridgehead atoms. The van der Waals surface area contributed by atoms with Crippen LogP contribution in [0.4, 0.5) is 29.3 Å². The van der Waals surface area contributed by atoms with E-state index in [0.717, 1.165) is 22.5 Å². The van der Waals surface area contributed by atoms with E-state index in [2.05, 4.69) is 10.4 Å². The Labute approximate surface area is 247 Å². The number of benzene rings is 1. The molecule has 0 unspecified atom stereocenters. The van der Waals surface area contributed by atoms with Crippen molar-refractivity contribution in [1.29, 1.82) is 0 Å². The average Bonchev–Trinajstić information content (AvgIpc) is 3.30. The minimum absolute atomic E-state index is 0.0777. The van der Waals surface area contributed by atoms with Gasteiger partial charge in [-0.25, -0.2) is 13.2 Å². The fraction of sp³-hybridized carbons (Fsp3) is 0.577. The highest BCUT2D eigenvalue weighted by molar-refractivity contribution is 7.93. The number of ether oxygens (including phenoxy) is 2. The molecule has 0 saturated carbocycles. The minimum Gasteiger partial charge on any atom is -0.484 e. The number of hydrogen-bond donors (Lipinski definition) is 3. The van der Waals surface area contributed by atoms with Crippen molar-refractivity contribution in [3.63, 3.8) is 0 Å². The van der Waals surface area contributed by atoms with Crippen molar-refractivity contribution >= 4 is 33.4 Å². The summed E-state index contributed by atoms with van der Waals surface area (Å²) in [5.74, 6) is -1.07. The maximum atomic E-state index is 14.3. The van der Waals surface area contributed by atoms with Crippen LogP contribution in [-0.4, -0.2) is 83.0 Å². The van der Waals surface area contributed by atoms with Crippen LogP contribution in [-0.2, 0) is 21.4 Å². The quantitative estimate of drug-likeness (QED) is 0.355. The van der Waals surface area contributed by atoms with E-state index in [-0.39, 0.29) is 40.3 Å². The van der Waals surface area contributed by atoms with Crippen LogP contribution < -0.4 is 24.0 Å². The molecule has 1 aromatic heterocycles. The number of carboxylic acid groups (broad SMARTS) is 1. The SMILES string of the molecule is CCOc1nn(CC)cc1S(=O)(=O)N1c2cc(N(C(=O)O)C(C)(C)C(F)(F)F)ccc2O[C@@H](CNC(=O)C(C)(C)O)[C@H]1C. The van der Waals surface area contributed by atoms with Crippen LogP contribution in [0.15, 0.2) is 29.3 Å². The standard InChI is InChI=1S/C26H36F3N5O8S/c1-8-32-14-20(21(31-32)41-9-2)43(39,40)34-15(3)19(13-30-22(35)24(4,5)38)42-18-11-10-16(12-17(18)34)33(23(36)37)25(6,7)26(27,28)29/h10-12,14-15,19,38H,8-9,13H2,1-7H3,(H,30,35)(H,36,37)/t15-,19+/m1/s1. The van der Waals surface area contributed by atoms with Crippen LogP contribution >= 0.6 is 0 Å². The molecule has 3 rings (SSSR count). The average molecular weight is 636 g/mol. The summed E-state index contributed by atoms with van der Waals surface area (Å²) in [6, 6.07) is 2.10. The van der Waals surface area contributed by atoms with Crippen LogP contribution in [0.3, 0.4) is 0 Å². The molecule has 0 spiro atoms. The molecule has 43 heavy (non-hydrogen) atoms. The Morgan fingerprint density at radius 1 is 1.19 bits per heavy atom. The molecule has 17 heteroatoms. The number of aromatic nitrogens is 2. The van der Waals surface area contributed by atoms with Gasteiger partial charge in [0.2, 0.25) is 0 Å². The fourth-order valence-corrected chi connectivity index (χ4v) is 6.15. The Morgan fingerprint density at radius 2 is 1.81 bits per heavy atom. The number of alkyl halides is 3. The van der Waals surface area contributed by atoms with Gasteiger partial charge in [0.05, 0.1) is 30.6 Å². The van der Waals surface area contributed by atoms with Crippen molar-refractivity contribution in [3.05, 3.63) is 24.4 Å². The summed E-state index contributed by atoms with van der Waals surface area (Å²) >= 11 is 0. The molecule has 0 fully saturated rings. The predicted molar refractivity (Wildman–Crippen MR) is 149 cm³/mol. The lowest BCUT2D eigenvalue weighted by atomic mass is 10.0. The van der Waals surface area contributed by atoms with Crippen LogP contribution in [0.5, 0.6) is 11.6 Å². The predicted octanol–water partition coefficient (Wildman–Crippen LogP) is 3.36. The lowest BCUT2D eigenvalue weighted by Crippen LogP contribution is -2.57. The zero-order valence-electron chi connectivity index (χ0n) is 24.8. The van der Waals surface area contributed by atoms with Crippen molar-refractivity contribution in [2.45, 2.75) is 89.4 Å². The monoisotopic (exact) mass is 635 g/mol. The number of amides is 2. The van der Waals surface area contributed by atoms with Crippen LogP contribution in [0.25, 0.3) is 0 Å². The lowest BCUT2D eigenvalue weighted by molar-refractivity contribution is -0.175. The molecule has 2 aromatic rings. The largest absolute Gasteiger partial charge is 0.484 e. The van der Waals surface area contributed by atoms with Crippen molar-refractivity contribution < 1.29 is 50.9 Å². The van der Waals surface area contributed by atoms with Crippen molar-refractivity contribution in [3.8, 4) is 11.6 Å². The summed E-state index contributed by atoms with van der Waals surface area (Å²) in [7, 11) is -4.60. The first-order chi connectivity index (χ1) is 19.7. The molecule has 0 radical (unpaired) electrons. The van der Waals surface area contributed by atoms with Gasteiger partial charge in [-0.1, -0.05) is 0 Å². The van der Waals surface area contributed by atoms with Crippen LogP contribution in [0.1, 0.15) is 48.5 Å². The molecule has 3 N–H and O–H groups in total. The normalized spacial score (nSPS) is 17.6. The van der Waals surface area contributed by atoms with Crippen LogP contribution in [0, 0.1) is 0 Å². The highest BCUT2D eigenvalue weighted by atomic mass is 32.2. The molecule has 1 aliphatic rings. The van der Waals surface area contributed by atoms with E-state index in [9.17, 15) is 41.4 Å². The number of nitrogens with zero attached hydrogens (tertiary/aromatic N) is 4. The number of anilines is 2. The second-order valence-corrected chi connectivity index (χ2v) is 12.7. The number of fused-ring (bicyclic) bond motifs is 1. The third-order valence-electron chi connectivity index (χ3n) is 6.93. The maximum absolute atomic E-state index is 14.3. The summed E-state index contributed by atoms with van der Waals surface area (Å²) in [6.45, 7) is 8.81. The number of sulfonamides is 1. The molecule has 0 saturated heterocycles. The van der Waals surface area contributed by atoms with E-state index in [0.29, 0.717) is 20.4 Å². The highest BCUT2D eigenvalue weighted by Crippen LogP contribution is 2.45. The number of hydrogen-bond acceptors (Lipinski definition) is 8. The Hall–Kier alpha value is -3.73. The number of rotatable bonds is 10. The first-order valence-electron chi connectivity index (χ1n) is 13.3. The topological polar surface area (TPSA) is 164 Å². The van der Waals surface area contributed by atoms with Crippen molar-refractivity contribution in [1.82, 2.24) is 15.1 Å². The highest BCUT2D eigenvalue weighted by Gasteiger charge is 2.54. The van der Waals surface area contributed by atoms with E-state index in [1.807, 2.05) is 0 Å². The first kappa shape index (κ1) is 33.8. The van der Waals surface area contributed by atoms with Gasteiger partial charge in [0, 0.05) is 12.7 Å². The maximum Gasteiger partial charge on any atom is 0.412 e. The number of aliphatic hydroxyl groups is 1. The number of aryl methyl sites for hydroxylation is 1.